The van der Waals surface area contributed by atoms with Crippen LogP contribution in [0.2, 0.25) is 5.02 Å². The molecule has 1 unspecified atom stereocenters. The molecular formula is C30H37ClN6O4. The van der Waals surface area contributed by atoms with Gasteiger partial charge in [0.2, 0.25) is 0 Å². The van der Waals surface area contributed by atoms with Crippen molar-refractivity contribution >= 4 is 23.6 Å². The molecule has 10 nitrogen and oxygen atoms in total. The summed E-state index contributed by atoms with van der Waals surface area (Å²) in [6.45, 7) is 7.99. The lowest BCUT2D eigenvalue weighted by atomic mass is 9.64. The van der Waals surface area contributed by atoms with Gasteiger partial charge >= 0.3 is 6.09 Å². The van der Waals surface area contributed by atoms with E-state index in [9.17, 15) is 9.59 Å². The number of amides is 2. The van der Waals surface area contributed by atoms with E-state index in [4.69, 9.17) is 26.3 Å². The molecule has 2 aromatic rings. The molecule has 2 N–H and O–H groups in total. The molecule has 2 saturated heterocycles. The van der Waals surface area contributed by atoms with E-state index in [1.807, 2.05) is 32.9 Å². The Hall–Kier alpha value is -3.42. The van der Waals surface area contributed by atoms with Crippen LogP contribution in [-0.4, -0.2) is 64.5 Å². The molecule has 1 atom stereocenters. The maximum Gasteiger partial charge on any atom is 0.410 e. The number of nitriles is 1. The van der Waals surface area contributed by atoms with Crippen LogP contribution in [0, 0.1) is 16.7 Å². The number of nitrogens with one attached hydrogen (secondary N) is 2. The summed E-state index contributed by atoms with van der Waals surface area (Å²) >= 11 is 6.12. The van der Waals surface area contributed by atoms with Gasteiger partial charge in [0.05, 0.1) is 28.4 Å². The lowest BCUT2D eigenvalue weighted by Gasteiger charge is -2.58. The Balaban J connectivity index is 1.18. The Bertz CT molecular complexity index is 1310. The number of carbonyl (C=O) groups excluding carboxylic acids is 2. The van der Waals surface area contributed by atoms with Crippen LogP contribution in [0.15, 0.2) is 30.3 Å². The summed E-state index contributed by atoms with van der Waals surface area (Å²) in [5.74, 6) is 0.376. The maximum absolute atomic E-state index is 13.0. The summed E-state index contributed by atoms with van der Waals surface area (Å²) in [7, 11) is 0. The molecule has 2 aliphatic heterocycles. The zero-order chi connectivity index (χ0) is 29.2. The molecule has 1 spiro atoms. The topological polar surface area (TPSA) is 129 Å². The predicted molar refractivity (Wildman–Crippen MR) is 153 cm³/mol. The largest absolute Gasteiger partial charge is 0.490 e. The van der Waals surface area contributed by atoms with Crippen molar-refractivity contribution in [1.29, 1.82) is 5.26 Å². The van der Waals surface area contributed by atoms with Crippen LogP contribution in [-0.2, 0) is 4.74 Å². The van der Waals surface area contributed by atoms with Gasteiger partial charge in [-0.3, -0.25) is 9.69 Å². The molecule has 3 aliphatic rings. The van der Waals surface area contributed by atoms with Crippen LogP contribution in [0.5, 0.6) is 5.75 Å². The number of hydrogen-bond acceptors (Lipinski definition) is 8. The summed E-state index contributed by atoms with van der Waals surface area (Å²) in [6, 6.07) is 10.4. The Labute approximate surface area is 245 Å². The molecule has 11 heteroatoms. The second-order valence-corrected chi connectivity index (χ2v) is 12.7. The average molecular weight is 581 g/mol. The van der Waals surface area contributed by atoms with Gasteiger partial charge in [-0.05, 0) is 96.7 Å². The van der Waals surface area contributed by atoms with Crippen LogP contribution in [0.1, 0.15) is 87.1 Å². The molecule has 3 fully saturated rings. The highest BCUT2D eigenvalue weighted by Gasteiger charge is 2.57. The van der Waals surface area contributed by atoms with Crippen molar-refractivity contribution in [2.75, 3.05) is 19.6 Å². The van der Waals surface area contributed by atoms with Crippen LogP contribution in [0.3, 0.4) is 0 Å². The van der Waals surface area contributed by atoms with Gasteiger partial charge in [-0.2, -0.15) is 10.4 Å². The number of hydrogen-bond donors (Lipinski definition) is 2. The third-order valence-corrected chi connectivity index (χ3v) is 8.49. The van der Waals surface area contributed by atoms with Gasteiger partial charge in [-0.25, -0.2) is 4.79 Å². The fourth-order valence-electron chi connectivity index (χ4n) is 6.10. The first kappa shape index (κ1) is 29.1. The van der Waals surface area contributed by atoms with Crippen molar-refractivity contribution in [2.24, 2.45) is 5.41 Å². The van der Waals surface area contributed by atoms with Crippen molar-refractivity contribution in [2.45, 2.75) is 83.1 Å². The zero-order valence-electron chi connectivity index (χ0n) is 23.8. The molecule has 1 aliphatic carbocycles. The average Bonchev–Trinajstić information content (AvgIpc) is 2.93. The smallest absolute Gasteiger partial charge is 0.410 e. The number of rotatable bonds is 5. The summed E-state index contributed by atoms with van der Waals surface area (Å²) in [4.78, 5) is 27.7. The fourth-order valence-corrected chi connectivity index (χ4v) is 6.31. The van der Waals surface area contributed by atoms with Crippen LogP contribution in [0.25, 0.3) is 0 Å². The Morgan fingerprint density at radius 2 is 1.85 bits per heavy atom. The second-order valence-electron chi connectivity index (χ2n) is 12.3. The van der Waals surface area contributed by atoms with Gasteiger partial charge < -0.3 is 20.1 Å². The van der Waals surface area contributed by atoms with E-state index in [0.717, 1.165) is 51.6 Å². The van der Waals surface area contributed by atoms with Crippen molar-refractivity contribution in [3.05, 3.63) is 52.3 Å². The first-order chi connectivity index (χ1) is 19.6. The number of carbonyl (C=O) groups is 2. The van der Waals surface area contributed by atoms with Crippen LogP contribution in [0.4, 0.5) is 4.79 Å². The number of ether oxygens (including phenoxy) is 2. The predicted octanol–water partition coefficient (Wildman–Crippen LogP) is 4.78. The van der Waals surface area contributed by atoms with Crippen molar-refractivity contribution in [1.82, 2.24) is 25.7 Å². The Kier molecular flexibility index (Phi) is 8.39. The zero-order valence-corrected chi connectivity index (χ0v) is 24.5. The number of aromatic nitrogens is 2. The number of likely N-dealkylation sites (tertiary alicyclic amines) is 1. The summed E-state index contributed by atoms with van der Waals surface area (Å²) in [5.41, 5.74) is 0.697. The maximum atomic E-state index is 13.0. The molecule has 5 rings (SSSR count). The molecule has 0 radical (unpaired) electrons. The standard InChI is InChI=1S/C30H37ClN6O4/c1-29(2,3)41-28(39)37-18-30(12-14-33-15-13-30)26(37)24-10-11-25(36-35-24)27(38)34-20-5-8-21(9-6-20)40-22-7-4-19(17-32)23(31)16-22/h4,7,10-11,16,20-21,26,33H,5-6,8-9,12-15,18H2,1-3H3,(H,34,38). The first-order valence-corrected chi connectivity index (χ1v) is 14.7. The number of piperidine rings is 1. The van der Waals surface area contributed by atoms with E-state index in [-0.39, 0.29) is 41.3 Å². The number of nitrogens with zero attached hydrogens (tertiary/aromatic N) is 4. The molecule has 3 heterocycles. The summed E-state index contributed by atoms with van der Waals surface area (Å²) in [6.07, 6.45) is 4.65. The Morgan fingerprint density at radius 1 is 1.12 bits per heavy atom. The molecule has 1 saturated carbocycles. The van der Waals surface area contributed by atoms with E-state index in [1.54, 1.807) is 29.2 Å². The third-order valence-electron chi connectivity index (χ3n) is 8.18. The van der Waals surface area contributed by atoms with E-state index < -0.39 is 5.60 Å². The van der Waals surface area contributed by atoms with Crippen LogP contribution < -0.4 is 15.4 Å². The van der Waals surface area contributed by atoms with Gasteiger partial charge in [0.25, 0.3) is 5.91 Å². The van der Waals surface area contributed by atoms with Crippen molar-refractivity contribution < 1.29 is 19.1 Å². The third kappa shape index (κ3) is 6.57. The summed E-state index contributed by atoms with van der Waals surface area (Å²) in [5, 5.41) is 24.6. The molecule has 41 heavy (non-hydrogen) atoms. The van der Waals surface area contributed by atoms with Gasteiger partial charge in [0.1, 0.15) is 17.4 Å². The number of halogens is 1. The number of benzene rings is 1. The second kappa shape index (κ2) is 11.8. The molecule has 1 aromatic carbocycles. The van der Waals surface area contributed by atoms with Gasteiger partial charge in [-0.1, -0.05) is 11.6 Å². The molecular weight excluding hydrogens is 544 g/mol. The minimum absolute atomic E-state index is 0.0145. The normalized spacial score (nSPS) is 23.7. The first-order valence-electron chi connectivity index (χ1n) is 14.3. The van der Waals surface area contributed by atoms with Crippen molar-refractivity contribution in [3.63, 3.8) is 0 Å². The van der Waals surface area contributed by atoms with Crippen LogP contribution >= 0.6 is 11.6 Å². The van der Waals surface area contributed by atoms with E-state index in [1.165, 1.54) is 0 Å². The van der Waals surface area contributed by atoms with Gasteiger partial charge in [0.15, 0.2) is 5.69 Å². The highest BCUT2D eigenvalue weighted by atomic mass is 35.5. The SMILES string of the molecule is CC(C)(C)OC(=O)N1CC2(CCNCC2)C1c1ccc(C(=O)NC2CCC(Oc3ccc(C#N)c(Cl)c3)CC2)nn1. The fraction of sp³-hybridized carbons (Fsp3) is 0.567. The van der Waals surface area contributed by atoms with Gasteiger partial charge in [0, 0.05) is 24.1 Å². The minimum Gasteiger partial charge on any atom is -0.490 e. The van der Waals surface area contributed by atoms with Crippen molar-refractivity contribution in [3.8, 4) is 11.8 Å². The van der Waals surface area contributed by atoms with E-state index >= 15 is 0 Å². The lowest BCUT2D eigenvalue weighted by molar-refractivity contribution is -0.0989. The molecule has 218 valence electrons. The van der Waals surface area contributed by atoms with E-state index in [2.05, 4.69) is 20.8 Å². The minimum atomic E-state index is -0.589. The quantitative estimate of drug-likeness (QED) is 0.517. The lowest BCUT2D eigenvalue weighted by Crippen LogP contribution is -2.64. The molecule has 0 bridgehead atoms. The highest BCUT2D eigenvalue weighted by Crippen LogP contribution is 2.54. The highest BCUT2D eigenvalue weighted by molar-refractivity contribution is 6.31. The van der Waals surface area contributed by atoms with E-state index in [0.29, 0.717) is 28.6 Å². The monoisotopic (exact) mass is 580 g/mol. The molecule has 2 amide bonds. The van der Waals surface area contributed by atoms with Gasteiger partial charge in [-0.15, -0.1) is 5.10 Å². The summed E-state index contributed by atoms with van der Waals surface area (Å²) < 4.78 is 11.7. The Morgan fingerprint density at radius 3 is 2.46 bits per heavy atom. The molecule has 1 aromatic heterocycles.